The summed E-state index contributed by atoms with van der Waals surface area (Å²) >= 11 is 0. The van der Waals surface area contributed by atoms with Gasteiger partial charge in [0.05, 0.1) is 6.54 Å². The standard InChI is InChI=1S/C10H21NO.ClH/c1-2-3-4-5-6-7-8-10(12)9-11;/h2-9,11H2,1H3;1H. The van der Waals surface area contributed by atoms with Gasteiger partial charge in [-0.05, 0) is 6.42 Å². The lowest BCUT2D eigenvalue weighted by atomic mass is 10.1. The zero-order valence-corrected chi connectivity index (χ0v) is 9.37. The molecule has 0 unspecified atom stereocenters. The van der Waals surface area contributed by atoms with E-state index >= 15 is 0 Å². The first-order valence-electron chi connectivity index (χ1n) is 5.03. The summed E-state index contributed by atoms with van der Waals surface area (Å²) in [6.45, 7) is 2.42. The third-order valence-corrected chi connectivity index (χ3v) is 2.04. The van der Waals surface area contributed by atoms with Crippen LogP contribution in [0.25, 0.3) is 0 Å². The Labute approximate surface area is 87.7 Å². The van der Waals surface area contributed by atoms with E-state index in [-0.39, 0.29) is 24.7 Å². The second kappa shape index (κ2) is 11.9. The molecule has 0 atom stereocenters. The molecule has 0 saturated carbocycles. The maximum absolute atomic E-state index is 10.8. The molecule has 0 aliphatic rings. The summed E-state index contributed by atoms with van der Waals surface area (Å²) in [5, 5.41) is 0. The molecule has 0 aromatic carbocycles. The minimum Gasteiger partial charge on any atom is -0.324 e. The second-order valence-corrected chi connectivity index (χ2v) is 3.26. The summed E-state index contributed by atoms with van der Waals surface area (Å²) in [5.41, 5.74) is 5.18. The van der Waals surface area contributed by atoms with E-state index in [0.29, 0.717) is 6.42 Å². The van der Waals surface area contributed by atoms with Crippen LogP contribution in [0.3, 0.4) is 0 Å². The van der Waals surface area contributed by atoms with E-state index < -0.39 is 0 Å². The quantitative estimate of drug-likeness (QED) is 0.622. The van der Waals surface area contributed by atoms with Gasteiger partial charge in [-0.25, -0.2) is 0 Å². The number of rotatable bonds is 8. The summed E-state index contributed by atoms with van der Waals surface area (Å²) < 4.78 is 0. The highest BCUT2D eigenvalue weighted by molar-refractivity contribution is 5.85. The summed E-state index contributed by atoms with van der Waals surface area (Å²) in [4.78, 5) is 10.8. The number of carbonyl (C=O) groups excluding carboxylic acids is 1. The van der Waals surface area contributed by atoms with Crippen LogP contribution in [0.2, 0.25) is 0 Å². The maximum atomic E-state index is 10.8. The van der Waals surface area contributed by atoms with Crippen molar-refractivity contribution in [1.29, 1.82) is 0 Å². The third-order valence-electron chi connectivity index (χ3n) is 2.04. The molecular formula is C10H22ClNO. The molecular weight excluding hydrogens is 186 g/mol. The topological polar surface area (TPSA) is 43.1 Å². The summed E-state index contributed by atoms with van der Waals surface area (Å²) in [5.74, 6) is 0.200. The smallest absolute Gasteiger partial charge is 0.146 e. The zero-order valence-electron chi connectivity index (χ0n) is 8.55. The molecule has 0 aliphatic heterocycles. The number of Topliss-reactive ketones (excluding diaryl/α,β-unsaturated/α-hetero) is 1. The fraction of sp³-hybridized carbons (Fsp3) is 0.900. The predicted octanol–water partition coefficient (Wildman–Crippen LogP) is 2.69. The molecule has 13 heavy (non-hydrogen) atoms. The Hall–Kier alpha value is -0.0800. The summed E-state index contributed by atoms with van der Waals surface area (Å²) in [6.07, 6.45) is 8.08. The number of nitrogens with two attached hydrogens (primary N) is 1. The van der Waals surface area contributed by atoms with Crippen LogP contribution in [-0.2, 0) is 4.79 Å². The van der Waals surface area contributed by atoms with Crippen molar-refractivity contribution in [2.45, 2.75) is 51.9 Å². The van der Waals surface area contributed by atoms with Crippen LogP contribution in [0.4, 0.5) is 0 Å². The first kappa shape index (κ1) is 15.4. The Bertz CT molecular complexity index is 117. The van der Waals surface area contributed by atoms with Gasteiger partial charge in [0.25, 0.3) is 0 Å². The molecule has 0 aromatic rings. The van der Waals surface area contributed by atoms with E-state index in [1.807, 2.05) is 0 Å². The molecule has 2 nitrogen and oxygen atoms in total. The van der Waals surface area contributed by atoms with Crippen LogP contribution in [0.5, 0.6) is 0 Å². The van der Waals surface area contributed by atoms with Crippen LogP contribution in [0.15, 0.2) is 0 Å². The zero-order chi connectivity index (χ0) is 9.23. The van der Waals surface area contributed by atoms with Gasteiger partial charge in [-0.1, -0.05) is 39.0 Å². The number of halogens is 1. The molecule has 0 amide bonds. The van der Waals surface area contributed by atoms with Crippen LogP contribution < -0.4 is 5.73 Å². The van der Waals surface area contributed by atoms with Gasteiger partial charge in [0.2, 0.25) is 0 Å². The molecule has 0 saturated heterocycles. The monoisotopic (exact) mass is 207 g/mol. The molecule has 0 fully saturated rings. The van der Waals surface area contributed by atoms with Crippen molar-refractivity contribution in [3.05, 3.63) is 0 Å². The fourth-order valence-corrected chi connectivity index (χ4v) is 1.20. The van der Waals surface area contributed by atoms with E-state index in [1.165, 1.54) is 32.1 Å². The predicted molar refractivity (Wildman–Crippen MR) is 59.3 cm³/mol. The molecule has 3 heteroatoms. The van der Waals surface area contributed by atoms with Crippen molar-refractivity contribution in [2.75, 3.05) is 6.54 Å². The Morgan fingerprint density at radius 2 is 1.62 bits per heavy atom. The van der Waals surface area contributed by atoms with Crippen LogP contribution in [0.1, 0.15) is 51.9 Å². The van der Waals surface area contributed by atoms with Gasteiger partial charge in [0.15, 0.2) is 0 Å². The minimum atomic E-state index is 0. The van der Waals surface area contributed by atoms with Crippen LogP contribution >= 0.6 is 12.4 Å². The fourth-order valence-electron chi connectivity index (χ4n) is 1.20. The normalized spacial score (nSPS) is 9.38. The van der Waals surface area contributed by atoms with E-state index in [2.05, 4.69) is 6.92 Å². The molecule has 2 N–H and O–H groups in total. The number of ketones is 1. The number of carbonyl (C=O) groups is 1. The first-order valence-corrected chi connectivity index (χ1v) is 5.03. The lowest BCUT2D eigenvalue weighted by Crippen LogP contribution is -2.12. The Kier molecular flexibility index (Phi) is 14.1. The molecule has 0 spiro atoms. The van der Waals surface area contributed by atoms with Crippen molar-refractivity contribution < 1.29 is 4.79 Å². The van der Waals surface area contributed by atoms with E-state index in [1.54, 1.807) is 0 Å². The van der Waals surface area contributed by atoms with Gasteiger partial charge >= 0.3 is 0 Å². The molecule has 0 aromatic heterocycles. The van der Waals surface area contributed by atoms with Crippen molar-refractivity contribution in [3.63, 3.8) is 0 Å². The molecule has 0 aliphatic carbocycles. The van der Waals surface area contributed by atoms with E-state index in [4.69, 9.17) is 5.73 Å². The van der Waals surface area contributed by atoms with Crippen LogP contribution in [0, 0.1) is 0 Å². The first-order chi connectivity index (χ1) is 5.81. The van der Waals surface area contributed by atoms with E-state index in [9.17, 15) is 4.79 Å². The maximum Gasteiger partial charge on any atom is 0.146 e. The van der Waals surface area contributed by atoms with Gasteiger partial charge in [-0.2, -0.15) is 0 Å². The highest BCUT2D eigenvalue weighted by Gasteiger charge is 1.97. The van der Waals surface area contributed by atoms with Gasteiger partial charge in [0, 0.05) is 6.42 Å². The van der Waals surface area contributed by atoms with Crippen LogP contribution in [-0.4, -0.2) is 12.3 Å². The van der Waals surface area contributed by atoms with Crippen molar-refractivity contribution in [3.8, 4) is 0 Å². The Morgan fingerprint density at radius 3 is 2.15 bits per heavy atom. The number of hydrogen-bond acceptors (Lipinski definition) is 2. The van der Waals surface area contributed by atoms with Gasteiger partial charge in [0.1, 0.15) is 5.78 Å². The third kappa shape index (κ3) is 11.9. The van der Waals surface area contributed by atoms with Gasteiger partial charge < -0.3 is 5.73 Å². The highest BCUT2D eigenvalue weighted by Crippen LogP contribution is 2.06. The van der Waals surface area contributed by atoms with Gasteiger partial charge in [-0.15, -0.1) is 12.4 Å². The number of hydrogen-bond donors (Lipinski definition) is 1. The highest BCUT2D eigenvalue weighted by atomic mass is 35.5. The van der Waals surface area contributed by atoms with E-state index in [0.717, 1.165) is 6.42 Å². The molecule has 0 bridgehead atoms. The summed E-state index contributed by atoms with van der Waals surface area (Å²) in [7, 11) is 0. The second-order valence-electron chi connectivity index (χ2n) is 3.26. The number of unbranched alkanes of at least 4 members (excludes halogenated alkanes) is 5. The molecule has 80 valence electrons. The SMILES string of the molecule is CCCCCCCCC(=O)CN.Cl. The summed E-state index contributed by atoms with van der Waals surface area (Å²) in [6, 6.07) is 0. The lowest BCUT2D eigenvalue weighted by Gasteiger charge is -1.98. The van der Waals surface area contributed by atoms with Crippen molar-refractivity contribution >= 4 is 18.2 Å². The molecule has 0 heterocycles. The average molecular weight is 208 g/mol. The lowest BCUT2D eigenvalue weighted by molar-refractivity contribution is -0.117. The van der Waals surface area contributed by atoms with Crippen molar-refractivity contribution in [2.24, 2.45) is 5.73 Å². The Morgan fingerprint density at radius 1 is 1.08 bits per heavy atom. The minimum absolute atomic E-state index is 0. The largest absolute Gasteiger partial charge is 0.324 e. The van der Waals surface area contributed by atoms with Gasteiger partial charge in [-0.3, -0.25) is 4.79 Å². The molecule has 0 rings (SSSR count). The average Bonchev–Trinajstić information content (AvgIpc) is 2.10. The molecule has 0 radical (unpaired) electrons. The Balaban J connectivity index is 0. The van der Waals surface area contributed by atoms with Crippen molar-refractivity contribution in [1.82, 2.24) is 0 Å².